The van der Waals surface area contributed by atoms with E-state index in [9.17, 15) is 0 Å². The van der Waals surface area contributed by atoms with Crippen molar-refractivity contribution in [3.8, 4) is 0 Å². The van der Waals surface area contributed by atoms with Gasteiger partial charge in [-0.25, -0.2) is 0 Å². The molecule has 104 valence electrons. The van der Waals surface area contributed by atoms with Crippen LogP contribution < -0.4 is 5.73 Å². The topological polar surface area (TPSA) is 47.7 Å². The van der Waals surface area contributed by atoms with Crippen LogP contribution in [0.15, 0.2) is 24.3 Å². The van der Waals surface area contributed by atoms with E-state index in [1.54, 1.807) is 0 Å². The minimum atomic E-state index is 0.104. The van der Waals surface area contributed by atoms with Gasteiger partial charge in [0.05, 0.1) is 6.61 Å². The molecule has 0 amide bonds. The molecule has 4 heteroatoms. The van der Waals surface area contributed by atoms with Crippen LogP contribution in [0.5, 0.6) is 0 Å². The first kappa shape index (κ1) is 13.1. The molecule has 2 N–H and O–H groups in total. The molecule has 0 aliphatic carbocycles. The first-order valence-corrected chi connectivity index (χ1v) is 6.97. The van der Waals surface area contributed by atoms with E-state index in [0.29, 0.717) is 25.4 Å². The van der Waals surface area contributed by atoms with E-state index in [4.69, 9.17) is 15.2 Å². The first-order valence-electron chi connectivity index (χ1n) is 6.97. The van der Waals surface area contributed by atoms with Gasteiger partial charge in [0.15, 0.2) is 0 Å². The lowest BCUT2D eigenvalue weighted by molar-refractivity contribution is 0.0466. The van der Waals surface area contributed by atoms with Crippen LogP contribution in [0.4, 0.5) is 0 Å². The second-order valence-corrected chi connectivity index (χ2v) is 5.60. The molecule has 1 aromatic carbocycles. The van der Waals surface area contributed by atoms with Crippen LogP contribution in [-0.2, 0) is 9.47 Å². The number of hydrogen-bond donors (Lipinski definition) is 1. The van der Waals surface area contributed by atoms with Crippen molar-refractivity contribution in [1.82, 2.24) is 4.90 Å². The van der Waals surface area contributed by atoms with Gasteiger partial charge >= 0.3 is 0 Å². The molecule has 2 fully saturated rings. The van der Waals surface area contributed by atoms with E-state index in [0.717, 1.165) is 19.5 Å². The van der Waals surface area contributed by atoms with Crippen molar-refractivity contribution in [2.24, 2.45) is 11.7 Å². The number of benzene rings is 1. The first-order chi connectivity index (χ1) is 9.28. The molecule has 2 heterocycles. The number of nitrogens with two attached hydrogens (primary N) is 1. The second-order valence-electron chi connectivity index (χ2n) is 5.60. The number of likely N-dealkylation sites (tertiary alicyclic amines) is 1. The van der Waals surface area contributed by atoms with Crippen LogP contribution in [0.1, 0.15) is 29.7 Å². The summed E-state index contributed by atoms with van der Waals surface area (Å²) in [6.45, 7) is 2.96. The third-order valence-electron chi connectivity index (χ3n) is 4.28. The fourth-order valence-corrected chi connectivity index (χ4v) is 3.12. The SMILES string of the molecule is CN1CC(CN)CC1c1ccc(C2COCO2)cc1. The van der Waals surface area contributed by atoms with Gasteiger partial charge in [-0.1, -0.05) is 24.3 Å². The van der Waals surface area contributed by atoms with Gasteiger partial charge in [0, 0.05) is 12.6 Å². The van der Waals surface area contributed by atoms with Gasteiger partial charge in [0.1, 0.15) is 12.9 Å². The lowest BCUT2D eigenvalue weighted by Crippen LogP contribution is -2.20. The Morgan fingerprint density at radius 2 is 2.00 bits per heavy atom. The maximum Gasteiger partial charge on any atom is 0.147 e. The summed E-state index contributed by atoms with van der Waals surface area (Å²) in [6, 6.07) is 9.27. The van der Waals surface area contributed by atoms with Crippen molar-refractivity contribution in [1.29, 1.82) is 0 Å². The molecule has 2 saturated heterocycles. The zero-order chi connectivity index (χ0) is 13.2. The lowest BCUT2D eigenvalue weighted by Gasteiger charge is -2.20. The Morgan fingerprint density at radius 1 is 1.26 bits per heavy atom. The van der Waals surface area contributed by atoms with Gasteiger partial charge < -0.3 is 15.2 Å². The molecule has 0 aromatic heterocycles. The Bertz CT molecular complexity index is 415. The summed E-state index contributed by atoms with van der Waals surface area (Å²) < 4.78 is 10.8. The summed E-state index contributed by atoms with van der Waals surface area (Å²) in [5, 5.41) is 0. The summed E-state index contributed by atoms with van der Waals surface area (Å²) in [7, 11) is 2.18. The highest BCUT2D eigenvalue weighted by Crippen LogP contribution is 2.34. The zero-order valence-electron chi connectivity index (χ0n) is 11.4. The summed E-state index contributed by atoms with van der Waals surface area (Å²) >= 11 is 0. The molecule has 1 aromatic rings. The number of hydrogen-bond acceptors (Lipinski definition) is 4. The molecule has 2 aliphatic heterocycles. The number of rotatable bonds is 3. The van der Waals surface area contributed by atoms with E-state index in [1.165, 1.54) is 11.1 Å². The van der Waals surface area contributed by atoms with Crippen molar-refractivity contribution >= 4 is 0 Å². The number of ether oxygens (including phenoxy) is 2. The summed E-state index contributed by atoms with van der Waals surface area (Å²) in [4.78, 5) is 2.40. The molecule has 0 saturated carbocycles. The molecule has 4 nitrogen and oxygen atoms in total. The van der Waals surface area contributed by atoms with Crippen molar-refractivity contribution in [3.63, 3.8) is 0 Å². The highest BCUT2D eigenvalue weighted by molar-refractivity contribution is 5.27. The highest BCUT2D eigenvalue weighted by atomic mass is 16.7. The summed E-state index contributed by atoms with van der Waals surface area (Å²) in [5.41, 5.74) is 8.37. The van der Waals surface area contributed by atoms with E-state index in [2.05, 4.69) is 36.2 Å². The average Bonchev–Trinajstić information content (AvgIpc) is 3.08. The quantitative estimate of drug-likeness (QED) is 0.900. The monoisotopic (exact) mass is 262 g/mol. The Morgan fingerprint density at radius 3 is 2.58 bits per heavy atom. The van der Waals surface area contributed by atoms with Gasteiger partial charge in [-0.3, -0.25) is 4.90 Å². The predicted octanol–water partition coefficient (Wildman–Crippen LogP) is 1.68. The predicted molar refractivity (Wildman–Crippen MR) is 73.6 cm³/mol. The van der Waals surface area contributed by atoms with Crippen LogP contribution >= 0.6 is 0 Å². The zero-order valence-corrected chi connectivity index (χ0v) is 11.4. The van der Waals surface area contributed by atoms with Crippen molar-refractivity contribution < 1.29 is 9.47 Å². The van der Waals surface area contributed by atoms with Gasteiger partial charge in [0.25, 0.3) is 0 Å². The summed E-state index contributed by atoms with van der Waals surface area (Å²) in [5.74, 6) is 0.626. The lowest BCUT2D eigenvalue weighted by atomic mass is 9.98. The van der Waals surface area contributed by atoms with E-state index >= 15 is 0 Å². The van der Waals surface area contributed by atoms with Crippen molar-refractivity contribution in [2.45, 2.75) is 18.6 Å². The van der Waals surface area contributed by atoms with Crippen LogP contribution in [0.3, 0.4) is 0 Å². The fourth-order valence-electron chi connectivity index (χ4n) is 3.12. The maximum absolute atomic E-state index is 5.79. The third-order valence-corrected chi connectivity index (χ3v) is 4.28. The van der Waals surface area contributed by atoms with Crippen LogP contribution in [0.25, 0.3) is 0 Å². The standard InChI is InChI=1S/C15H22N2O2/c1-17-8-11(7-16)6-14(17)12-2-4-13(5-3-12)15-9-18-10-19-15/h2-5,11,14-15H,6-10,16H2,1H3. The Hall–Kier alpha value is -0.940. The molecular weight excluding hydrogens is 240 g/mol. The molecule has 2 aliphatic rings. The molecule has 0 spiro atoms. The van der Waals surface area contributed by atoms with Crippen molar-refractivity contribution in [3.05, 3.63) is 35.4 Å². The van der Waals surface area contributed by atoms with Gasteiger partial charge in [-0.15, -0.1) is 0 Å². The molecule has 0 radical (unpaired) electrons. The third kappa shape index (κ3) is 2.67. The molecule has 19 heavy (non-hydrogen) atoms. The summed E-state index contributed by atoms with van der Waals surface area (Å²) in [6.07, 6.45) is 1.27. The average molecular weight is 262 g/mol. The fraction of sp³-hybridized carbons (Fsp3) is 0.600. The van der Waals surface area contributed by atoms with Gasteiger partial charge in [-0.05, 0) is 37.1 Å². The molecule has 0 bridgehead atoms. The highest BCUT2D eigenvalue weighted by Gasteiger charge is 2.29. The van der Waals surface area contributed by atoms with E-state index in [-0.39, 0.29) is 6.10 Å². The van der Waals surface area contributed by atoms with Gasteiger partial charge in [0.2, 0.25) is 0 Å². The maximum atomic E-state index is 5.79. The van der Waals surface area contributed by atoms with Crippen LogP contribution in [0, 0.1) is 5.92 Å². The minimum Gasteiger partial charge on any atom is -0.352 e. The minimum absolute atomic E-state index is 0.104. The second kappa shape index (κ2) is 5.59. The Kier molecular flexibility index (Phi) is 3.84. The molecule has 3 rings (SSSR count). The normalized spacial score (nSPS) is 32.0. The van der Waals surface area contributed by atoms with Gasteiger partial charge in [-0.2, -0.15) is 0 Å². The van der Waals surface area contributed by atoms with Crippen LogP contribution in [-0.4, -0.2) is 38.4 Å². The largest absolute Gasteiger partial charge is 0.352 e. The smallest absolute Gasteiger partial charge is 0.147 e. The Labute approximate surface area is 114 Å². The van der Waals surface area contributed by atoms with E-state index in [1.807, 2.05) is 0 Å². The van der Waals surface area contributed by atoms with Crippen LogP contribution in [0.2, 0.25) is 0 Å². The molecular formula is C15H22N2O2. The molecule has 3 unspecified atom stereocenters. The molecule has 3 atom stereocenters. The van der Waals surface area contributed by atoms with E-state index < -0.39 is 0 Å². The Balaban J connectivity index is 1.71. The van der Waals surface area contributed by atoms with Crippen molar-refractivity contribution in [2.75, 3.05) is 33.5 Å². The number of nitrogens with zero attached hydrogens (tertiary/aromatic N) is 1.